The van der Waals surface area contributed by atoms with Crippen LogP contribution < -0.4 is 0 Å². The van der Waals surface area contributed by atoms with Crippen molar-refractivity contribution < 1.29 is 9.90 Å². The first-order chi connectivity index (χ1) is 6.27. The minimum Gasteiger partial charge on any atom is -0.481 e. The molecule has 1 N–H and O–H groups in total. The minimum absolute atomic E-state index is 0.0945. The topological polar surface area (TPSA) is 74.4 Å². The van der Waals surface area contributed by atoms with Crippen molar-refractivity contribution in [2.24, 2.45) is 15.2 Å². The quantitative estimate of drug-likeness (QED) is 0.686. The molecule has 0 aromatic heterocycles. The molecule has 5 heteroatoms. The van der Waals surface area contributed by atoms with E-state index in [4.69, 9.17) is 5.11 Å². The number of carboxylic acid groups (broad SMARTS) is 1. The van der Waals surface area contributed by atoms with E-state index in [9.17, 15) is 4.79 Å². The fraction of sp³-hybridized carbons (Fsp3) is 0.250. The van der Waals surface area contributed by atoms with Crippen molar-refractivity contribution in [3.05, 3.63) is 11.3 Å². The number of carbonyl (C=O) groups is 1. The third-order valence-electron chi connectivity index (χ3n) is 1.86. The maximum atomic E-state index is 10.3. The lowest BCUT2D eigenvalue weighted by Crippen LogP contribution is -1.98. The van der Waals surface area contributed by atoms with Gasteiger partial charge in [-0.2, -0.15) is 5.10 Å². The van der Waals surface area contributed by atoms with E-state index in [1.54, 1.807) is 12.4 Å². The summed E-state index contributed by atoms with van der Waals surface area (Å²) in [6, 6.07) is 0. The van der Waals surface area contributed by atoms with Gasteiger partial charge < -0.3 is 5.11 Å². The number of carboxylic acids is 1. The molecule has 0 bridgehead atoms. The number of nitrogens with zero attached hydrogens (tertiary/aromatic N) is 3. The standard InChI is InChI=1S/C8H7N3O2/c12-8(13)2-1-6-5-3-10-11-7(5)4-9-6/h3-4H,1-2H2,(H,12,13). The van der Waals surface area contributed by atoms with Gasteiger partial charge in [-0.1, -0.05) is 0 Å². The summed E-state index contributed by atoms with van der Waals surface area (Å²) in [5.41, 5.74) is 2.36. The predicted molar refractivity (Wildman–Crippen MR) is 48.3 cm³/mol. The molecular weight excluding hydrogens is 170 g/mol. The molecule has 2 rings (SSSR count). The third-order valence-corrected chi connectivity index (χ3v) is 1.86. The molecule has 2 heterocycles. The number of allylic oxidation sites excluding steroid dienone is 2. The number of rotatable bonds is 3. The molecule has 0 atom stereocenters. The van der Waals surface area contributed by atoms with Crippen molar-refractivity contribution in [3.8, 4) is 0 Å². The maximum absolute atomic E-state index is 10.3. The third kappa shape index (κ3) is 1.40. The van der Waals surface area contributed by atoms with Crippen molar-refractivity contribution in [1.29, 1.82) is 0 Å². The summed E-state index contributed by atoms with van der Waals surface area (Å²) in [7, 11) is 0. The van der Waals surface area contributed by atoms with Gasteiger partial charge in [0.1, 0.15) is 5.71 Å². The number of hydrogen-bond acceptors (Lipinski definition) is 4. The number of fused-ring (bicyclic) bond motifs is 1. The van der Waals surface area contributed by atoms with Crippen LogP contribution in [0.5, 0.6) is 0 Å². The lowest BCUT2D eigenvalue weighted by atomic mass is 10.1. The molecule has 0 spiro atoms. The summed E-state index contributed by atoms with van der Waals surface area (Å²) in [5.74, 6) is -0.816. The van der Waals surface area contributed by atoms with E-state index >= 15 is 0 Å². The maximum Gasteiger partial charge on any atom is 0.303 e. The number of hydrogen-bond donors (Lipinski definition) is 1. The van der Waals surface area contributed by atoms with Crippen LogP contribution in [0.3, 0.4) is 0 Å². The number of aliphatic imine (C=N–C) groups is 1. The molecule has 0 aromatic rings. The van der Waals surface area contributed by atoms with E-state index in [0.29, 0.717) is 6.42 Å². The Balaban J connectivity index is 2.12. The lowest BCUT2D eigenvalue weighted by molar-refractivity contribution is -0.136. The van der Waals surface area contributed by atoms with Gasteiger partial charge in [-0.15, -0.1) is 5.10 Å². The molecule has 0 unspecified atom stereocenters. The van der Waals surface area contributed by atoms with Crippen molar-refractivity contribution in [3.63, 3.8) is 0 Å². The van der Waals surface area contributed by atoms with E-state index in [1.807, 2.05) is 0 Å². The fourth-order valence-electron chi connectivity index (χ4n) is 1.22. The van der Waals surface area contributed by atoms with Crippen LogP contribution in [0.1, 0.15) is 12.8 Å². The Bertz CT molecular complexity index is 377. The van der Waals surface area contributed by atoms with E-state index < -0.39 is 5.97 Å². The summed E-state index contributed by atoms with van der Waals surface area (Å²) in [6.45, 7) is 0. The van der Waals surface area contributed by atoms with Crippen molar-refractivity contribution >= 4 is 24.1 Å². The highest BCUT2D eigenvalue weighted by molar-refractivity contribution is 6.47. The average molecular weight is 177 g/mol. The van der Waals surface area contributed by atoms with E-state index in [-0.39, 0.29) is 6.42 Å². The highest BCUT2D eigenvalue weighted by atomic mass is 16.4. The SMILES string of the molecule is O=C(O)CCC1=C2C=NN=C2C=N1. The Labute approximate surface area is 74.2 Å². The van der Waals surface area contributed by atoms with E-state index in [1.165, 1.54) is 0 Å². The van der Waals surface area contributed by atoms with Gasteiger partial charge in [-0.05, 0) is 0 Å². The molecule has 66 valence electrons. The summed E-state index contributed by atoms with van der Waals surface area (Å²) >= 11 is 0. The van der Waals surface area contributed by atoms with Crippen molar-refractivity contribution in [2.75, 3.05) is 0 Å². The average Bonchev–Trinajstić information content (AvgIpc) is 2.60. The van der Waals surface area contributed by atoms with Crippen LogP contribution in [-0.2, 0) is 4.79 Å². The summed E-state index contributed by atoms with van der Waals surface area (Å²) < 4.78 is 0. The summed E-state index contributed by atoms with van der Waals surface area (Å²) in [5, 5.41) is 16.0. The van der Waals surface area contributed by atoms with Crippen LogP contribution in [0.4, 0.5) is 0 Å². The van der Waals surface area contributed by atoms with Crippen molar-refractivity contribution in [2.45, 2.75) is 12.8 Å². The molecule has 0 aliphatic carbocycles. The van der Waals surface area contributed by atoms with Crippen LogP contribution in [0.25, 0.3) is 0 Å². The Hall–Kier alpha value is -1.78. The molecule has 5 nitrogen and oxygen atoms in total. The Morgan fingerprint density at radius 3 is 3.08 bits per heavy atom. The Morgan fingerprint density at radius 1 is 1.46 bits per heavy atom. The van der Waals surface area contributed by atoms with E-state index in [2.05, 4.69) is 15.2 Å². The van der Waals surface area contributed by atoms with Gasteiger partial charge in [0.05, 0.1) is 24.5 Å². The molecule has 0 amide bonds. The largest absolute Gasteiger partial charge is 0.481 e. The summed E-state index contributed by atoms with van der Waals surface area (Å²) in [6.07, 6.45) is 3.75. The fourth-order valence-corrected chi connectivity index (χ4v) is 1.22. The van der Waals surface area contributed by atoms with Gasteiger partial charge in [0.25, 0.3) is 0 Å². The van der Waals surface area contributed by atoms with Crippen LogP contribution in [0, 0.1) is 0 Å². The zero-order valence-corrected chi connectivity index (χ0v) is 6.77. The molecule has 0 fully saturated rings. The molecule has 0 saturated carbocycles. The second-order valence-electron chi connectivity index (χ2n) is 2.74. The van der Waals surface area contributed by atoms with Crippen LogP contribution in [0.2, 0.25) is 0 Å². The van der Waals surface area contributed by atoms with Crippen LogP contribution >= 0.6 is 0 Å². The first kappa shape index (κ1) is 7.85. The second-order valence-corrected chi connectivity index (χ2v) is 2.74. The lowest BCUT2D eigenvalue weighted by Gasteiger charge is -1.95. The van der Waals surface area contributed by atoms with E-state index in [0.717, 1.165) is 17.0 Å². The zero-order chi connectivity index (χ0) is 9.26. The Morgan fingerprint density at radius 2 is 2.31 bits per heavy atom. The molecule has 0 aromatic carbocycles. The monoisotopic (exact) mass is 177 g/mol. The van der Waals surface area contributed by atoms with Gasteiger partial charge in [0.2, 0.25) is 0 Å². The van der Waals surface area contributed by atoms with Gasteiger partial charge in [-0.25, -0.2) is 0 Å². The molecule has 0 saturated heterocycles. The predicted octanol–water partition coefficient (Wildman–Crippen LogP) is 0.630. The normalized spacial score (nSPS) is 18.0. The van der Waals surface area contributed by atoms with Gasteiger partial charge in [0.15, 0.2) is 0 Å². The molecule has 0 radical (unpaired) electrons. The van der Waals surface area contributed by atoms with Gasteiger partial charge in [0, 0.05) is 12.0 Å². The molecular formula is C8H7N3O2. The van der Waals surface area contributed by atoms with Gasteiger partial charge >= 0.3 is 5.97 Å². The first-order valence-electron chi connectivity index (χ1n) is 3.88. The Kier molecular flexibility index (Phi) is 1.77. The number of aliphatic carboxylic acids is 1. The zero-order valence-electron chi connectivity index (χ0n) is 6.77. The smallest absolute Gasteiger partial charge is 0.303 e. The van der Waals surface area contributed by atoms with Crippen LogP contribution in [-0.4, -0.2) is 29.2 Å². The molecule has 2 aliphatic heterocycles. The van der Waals surface area contributed by atoms with Crippen LogP contribution in [0.15, 0.2) is 26.5 Å². The van der Waals surface area contributed by atoms with Crippen molar-refractivity contribution in [1.82, 2.24) is 0 Å². The second kappa shape index (κ2) is 2.93. The summed E-state index contributed by atoms with van der Waals surface area (Å²) in [4.78, 5) is 14.4. The highest BCUT2D eigenvalue weighted by Gasteiger charge is 2.19. The molecule has 13 heavy (non-hydrogen) atoms. The molecule has 2 aliphatic rings. The minimum atomic E-state index is -0.816. The van der Waals surface area contributed by atoms with Gasteiger partial charge in [-0.3, -0.25) is 9.79 Å². The highest BCUT2D eigenvalue weighted by Crippen LogP contribution is 2.20. The first-order valence-corrected chi connectivity index (χ1v) is 3.88.